The van der Waals surface area contributed by atoms with Gasteiger partial charge >= 0.3 is 0 Å². The van der Waals surface area contributed by atoms with Crippen LogP contribution in [0.15, 0.2) is 24.3 Å². The number of carbonyl (C=O) groups excluding carboxylic acids is 1. The van der Waals surface area contributed by atoms with Crippen LogP contribution < -0.4 is 10.5 Å². The molecule has 5 nitrogen and oxygen atoms in total. The van der Waals surface area contributed by atoms with Gasteiger partial charge in [0.25, 0.3) is 5.91 Å². The van der Waals surface area contributed by atoms with Crippen molar-refractivity contribution in [3.05, 3.63) is 34.9 Å². The van der Waals surface area contributed by atoms with E-state index in [1.54, 1.807) is 45.0 Å². The van der Waals surface area contributed by atoms with Gasteiger partial charge in [-0.25, -0.2) is 8.42 Å². The topological polar surface area (TPSA) is 89.3 Å². The summed E-state index contributed by atoms with van der Waals surface area (Å²) in [5.41, 5.74) is 6.06. The first kappa shape index (κ1) is 17.9. The molecule has 21 heavy (non-hydrogen) atoms. The average Bonchev–Trinajstić information content (AvgIpc) is 2.35. The molecule has 0 saturated heterocycles. The molecule has 0 radical (unpaired) electrons. The van der Waals surface area contributed by atoms with Crippen molar-refractivity contribution >= 4 is 27.5 Å². The molecule has 0 heterocycles. The van der Waals surface area contributed by atoms with Crippen molar-refractivity contribution < 1.29 is 13.2 Å². The number of benzene rings is 1. The molecule has 118 valence electrons. The smallest absolute Gasteiger partial charge is 0.250 e. The van der Waals surface area contributed by atoms with Crippen LogP contribution in [0.25, 0.3) is 0 Å². The van der Waals surface area contributed by atoms with Crippen molar-refractivity contribution in [2.24, 2.45) is 11.1 Å². The Morgan fingerprint density at radius 2 is 1.81 bits per heavy atom. The fourth-order valence-corrected chi connectivity index (χ4v) is 2.73. The Labute approximate surface area is 130 Å². The van der Waals surface area contributed by atoms with Gasteiger partial charge in [0, 0.05) is 5.02 Å². The maximum atomic E-state index is 11.9. The van der Waals surface area contributed by atoms with E-state index in [1.165, 1.54) is 0 Å². The Kier molecular flexibility index (Phi) is 5.78. The van der Waals surface area contributed by atoms with Crippen molar-refractivity contribution in [1.82, 2.24) is 4.72 Å². The SMILES string of the molecule is CC(C)(C)[C@H](N)C(=O)NS(=O)(=O)CCc1ccc(Cl)cc1. The molecule has 1 aromatic rings. The van der Waals surface area contributed by atoms with E-state index in [9.17, 15) is 13.2 Å². The Morgan fingerprint density at radius 1 is 1.29 bits per heavy atom. The summed E-state index contributed by atoms with van der Waals surface area (Å²) in [4.78, 5) is 11.8. The number of sulfonamides is 1. The highest BCUT2D eigenvalue weighted by Crippen LogP contribution is 2.17. The summed E-state index contributed by atoms with van der Waals surface area (Å²) in [5.74, 6) is -0.865. The van der Waals surface area contributed by atoms with Gasteiger partial charge in [-0.15, -0.1) is 0 Å². The number of nitrogens with one attached hydrogen (secondary N) is 1. The van der Waals surface area contributed by atoms with Crippen molar-refractivity contribution in [2.75, 3.05) is 5.75 Å². The van der Waals surface area contributed by atoms with E-state index in [0.717, 1.165) is 5.56 Å². The molecule has 3 N–H and O–H groups in total. The molecular formula is C14H21ClN2O3S. The normalized spacial score (nSPS) is 13.8. The van der Waals surface area contributed by atoms with E-state index in [4.69, 9.17) is 17.3 Å². The highest BCUT2D eigenvalue weighted by molar-refractivity contribution is 7.90. The van der Waals surface area contributed by atoms with Crippen LogP contribution in [0.5, 0.6) is 0 Å². The van der Waals surface area contributed by atoms with E-state index >= 15 is 0 Å². The minimum atomic E-state index is -3.71. The quantitative estimate of drug-likeness (QED) is 0.858. The third kappa shape index (κ3) is 6.03. The summed E-state index contributed by atoms with van der Waals surface area (Å²) < 4.78 is 25.8. The van der Waals surface area contributed by atoms with Crippen LogP contribution in [0.2, 0.25) is 5.02 Å². The minimum absolute atomic E-state index is 0.183. The molecule has 0 aliphatic rings. The predicted molar refractivity (Wildman–Crippen MR) is 84.5 cm³/mol. The van der Waals surface area contributed by atoms with Gasteiger partial charge in [-0.1, -0.05) is 44.5 Å². The number of carbonyl (C=O) groups is 1. The van der Waals surface area contributed by atoms with E-state index in [1.807, 2.05) is 4.72 Å². The monoisotopic (exact) mass is 332 g/mol. The van der Waals surface area contributed by atoms with Gasteiger partial charge in [-0.05, 0) is 29.5 Å². The third-order valence-electron chi connectivity index (χ3n) is 3.04. The molecule has 0 fully saturated rings. The summed E-state index contributed by atoms with van der Waals surface area (Å²) in [5, 5.41) is 0.589. The lowest BCUT2D eigenvalue weighted by Gasteiger charge is -2.25. The number of amides is 1. The first-order chi connectivity index (χ1) is 9.51. The Morgan fingerprint density at radius 3 is 2.29 bits per heavy atom. The predicted octanol–water partition coefficient (Wildman–Crippen LogP) is 1.70. The standard InChI is InChI=1S/C14H21ClN2O3S/c1-14(2,3)12(16)13(18)17-21(19,20)9-8-10-4-6-11(15)7-5-10/h4-7,12H,8-9,16H2,1-3H3,(H,17,18)/t12-/m1/s1. The van der Waals surface area contributed by atoms with Gasteiger partial charge in [0.05, 0.1) is 11.8 Å². The molecule has 0 aliphatic carbocycles. The Bertz CT molecular complexity index is 592. The van der Waals surface area contributed by atoms with Crippen LogP contribution in [-0.2, 0) is 21.2 Å². The lowest BCUT2D eigenvalue weighted by molar-refractivity contribution is -0.122. The van der Waals surface area contributed by atoms with Crippen LogP contribution in [-0.4, -0.2) is 26.1 Å². The summed E-state index contributed by atoms with van der Waals surface area (Å²) in [6, 6.07) is 6.00. The second-order valence-corrected chi connectivity index (χ2v) is 8.28. The molecule has 0 aliphatic heterocycles. The van der Waals surface area contributed by atoms with Crippen LogP contribution in [0.3, 0.4) is 0 Å². The summed E-state index contributed by atoms with van der Waals surface area (Å²) in [6.07, 6.45) is 0.296. The lowest BCUT2D eigenvalue weighted by Crippen LogP contribution is -2.50. The highest BCUT2D eigenvalue weighted by Gasteiger charge is 2.29. The molecular weight excluding hydrogens is 312 g/mol. The van der Waals surface area contributed by atoms with Gasteiger partial charge in [-0.2, -0.15) is 0 Å². The molecule has 1 rings (SSSR count). The molecule has 7 heteroatoms. The van der Waals surface area contributed by atoms with E-state index in [2.05, 4.69) is 0 Å². The molecule has 1 aromatic carbocycles. The number of rotatable bonds is 5. The molecule has 0 spiro atoms. The van der Waals surface area contributed by atoms with E-state index in [-0.39, 0.29) is 5.75 Å². The van der Waals surface area contributed by atoms with Crippen LogP contribution in [0.4, 0.5) is 0 Å². The first-order valence-electron chi connectivity index (χ1n) is 6.55. The van der Waals surface area contributed by atoms with E-state index in [0.29, 0.717) is 11.4 Å². The summed E-state index contributed by atoms with van der Waals surface area (Å²) in [6.45, 7) is 5.33. The van der Waals surface area contributed by atoms with Gasteiger partial charge in [-0.3, -0.25) is 9.52 Å². The van der Waals surface area contributed by atoms with Crippen LogP contribution in [0, 0.1) is 5.41 Å². The largest absolute Gasteiger partial charge is 0.319 e. The second-order valence-electron chi connectivity index (χ2n) is 6.01. The third-order valence-corrected chi connectivity index (χ3v) is 4.55. The summed E-state index contributed by atoms with van der Waals surface area (Å²) >= 11 is 5.76. The minimum Gasteiger partial charge on any atom is -0.319 e. The Balaban J connectivity index is 2.62. The number of hydrogen-bond donors (Lipinski definition) is 2. The van der Waals surface area contributed by atoms with Crippen LogP contribution >= 0.6 is 11.6 Å². The zero-order valence-electron chi connectivity index (χ0n) is 12.4. The fourth-order valence-electron chi connectivity index (χ4n) is 1.56. The van der Waals surface area contributed by atoms with Crippen molar-refractivity contribution in [3.8, 4) is 0 Å². The highest BCUT2D eigenvalue weighted by atomic mass is 35.5. The number of nitrogens with two attached hydrogens (primary N) is 1. The van der Waals surface area contributed by atoms with Gasteiger partial charge < -0.3 is 5.73 Å². The first-order valence-corrected chi connectivity index (χ1v) is 8.59. The van der Waals surface area contributed by atoms with Crippen molar-refractivity contribution in [1.29, 1.82) is 0 Å². The Hall–Kier alpha value is -1.11. The van der Waals surface area contributed by atoms with Gasteiger partial charge in [0.15, 0.2) is 0 Å². The summed E-state index contributed by atoms with van der Waals surface area (Å²) in [7, 11) is -3.71. The zero-order valence-corrected chi connectivity index (χ0v) is 14.0. The maximum absolute atomic E-state index is 11.9. The number of halogens is 1. The average molecular weight is 333 g/mol. The molecule has 1 amide bonds. The molecule has 0 saturated carbocycles. The fraction of sp³-hybridized carbons (Fsp3) is 0.500. The zero-order chi connectivity index (χ0) is 16.3. The van der Waals surface area contributed by atoms with Gasteiger partial charge in [0.2, 0.25) is 10.0 Å². The molecule has 0 bridgehead atoms. The van der Waals surface area contributed by atoms with Gasteiger partial charge in [0.1, 0.15) is 0 Å². The maximum Gasteiger partial charge on any atom is 0.250 e. The number of hydrogen-bond acceptors (Lipinski definition) is 4. The van der Waals surface area contributed by atoms with Crippen LogP contribution in [0.1, 0.15) is 26.3 Å². The molecule has 0 aromatic heterocycles. The molecule has 1 atom stereocenters. The molecule has 0 unspecified atom stereocenters. The lowest BCUT2D eigenvalue weighted by atomic mass is 9.87. The number of aryl methyl sites for hydroxylation is 1. The second kappa shape index (κ2) is 6.77. The van der Waals surface area contributed by atoms with E-state index < -0.39 is 27.4 Å². The van der Waals surface area contributed by atoms with Crippen molar-refractivity contribution in [2.45, 2.75) is 33.2 Å². The van der Waals surface area contributed by atoms with Crippen molar-refractivity contribution in [3.63, 3.8) is 0 Å².